The molecule has 0 spiro atoms. The summed E-state index contributed by atoms with van der Waals surface area (Å²) >= 11 is 0. The summed E-state index contributed by atoms with van der Waals surface area (Å²) in [6.45, 7) is 4.27. The second-order valence-corrected chi connectivity index (χ2v) is 3.40. The molecule has 0 amide bonds. The Morgan fingerprint density at radius 1 is 1.18 bits per heavy atom. The van der Waals surface area contributed by atoms with Gasteiger partial charge in [0.05, 0.1) is 5.54 Å². The van der Waals surface area contributed by atoms with Gasteiger partial charge in [-0.15, -0.1) is 0 Å². The van der Waals surface area contributed by atoms with Crippen LogP contribution >= 0.6 is 0 Å². The molecular weight excluding hydrogens is 134 g/mol. The number of rotatable bonds is 0. The van der Waals surface area contributed by atoms with Crippen LogP contribution in [-0.2, 0) is 5.54 Å². The number of aliphatic imine (C=N–C) groups is 1. The monoisotopic (exact) mass is 145 g/mol. The molecule has 0 unspecified atom stereocenters. The van der Waals surface area contributed by atoms with E-state index in [1.165, 1.54) is 11.1 Å². The number of hydrogen-bond donors (Lipinski definition) is 0. The Bertz CT molecular complexity index is 310. The zero-order chi connectivity index (χ0) is 7.90. The Labute approximate surface area is 66.8 Å². The van der Waals surface area contributed by atoms with Crippen molar-refractivity contribution in [3.63, 3.8) is 0 Å². The maximum absolute atomic E-state index is 4.41. The smallest absolute Gasteiger partial charge is 0.0807 e. The number of fused-ring (bicyclic) bond motifs is 1. The van der Waals surface area contributed by atoms with Crippen molar-refractivity contribution in [1.29, 1.82) is 0 Å². The molecule has 0 saturated heterocycles. The van der Waals surface area contributed by atoms with Gasteiger partial charge < -0.3 is 0 Å². The van der Waals surface area contributed by atoms with Crippen molar-refractivity contribution in [3.8, 4) is 0 Å². The first-order chi connectivity index (χ1) is 5.20. The van der Waals surface area contributed by atoms with Gasteiger partial charge in [-0.25, -0.2) is 0 Å². The molecule has 11 heavy (non-hydrogen) atoms. The lowest BCUT2D eigenvalue weighted by molar-refractivity contribution is 0.573. The number of hydrogen-bond acceptors (Lipinski definition) is 1. The van der Waals surface area contributed by atoms with Gasteiger partial charge >= 0.3 is 0 Å². The van der Waals surface area contributed by atoms with Crippen LogP contribution in [0.2, 0.25) is 0 Å². The highest BCUT2D eigenvalue weighted by molar-refractivity contribution is 5.85. The lowest BCUT2D eigenvalue weighted by Crippen LogP contribution is -2.09. The largest absolute Gasteiger partial charge is 0.282 e. The molecule has 1 aromatic carbocycles. The molecule has 1 nitrogen and oxygen atoms in total. The Balaban J connectivity index is 2.64. The van der Waals surface area contributed by atoms with Crippen LogP contribution in [0.3, 0.4) is 0 Å². The molecule has 0 radical (unpaired) electrons. The zero-order valence-corrected chi connectivity index (χ0v) is 6.83. The lowest BCUT2D eigenvalue weighted by Gasteiger charge is -2.15. The molecule has 56 valence electrons. The van der Waals surface area contributed by atoms with Gasteiger partial charge in [0.1, 0.15) is 0 Å². The molecular formula is C10H11N. The third kappa shape index (κ3) is 0.881. The molecule has 1 heterocycles. The first kappa shape index (κ1) is 6.59. The van der Waals surface area contributed by atoms with E-state index >= 15 is 0 Å². The summed E-state index contributed by atoms with van der Waals surface area (Å²) in [5.41, 5.74) is 2.59. The summed E-state index contributed by atoms with van der Waals surface area (Å²) < 4.78 is 0. The van der Waals surface area contributed by atoms with Gasteiger partial charge in [-0.1, -0.05) is 24.3 Å². The Hall–Kier alpha value is -1.11. The molecule has 1 aliphatic heterocycles. The van der Waals surface area contributed by atoms with E-state index in [1.807, 2.05) is 12.3 Å². The van der Waals surface area contributed by atoms with Crippen molar-refractivity contribution in [1.82, 2.24) is 0 Å². The van der Waals surface area contributed by atoms with Crippen LogP contribution in [0.15, 0.2) is 29.3 Å². The summed E-state index contributed by atoms with van der Waals surface area (Å²) in [5, 5.41) is 0. The minimum atomic E-state index is -0.00338. The first-order valence-electron chi connectivity index (χ1n) is 3.85. The molecule has 0 aliphatic carbocycles. The Morgan fingerprint density at radius 3 is 2.64 bits per heavy atom. The van der Waals surface area contributed by atoms with E-state index in [0.717, 1.165) is 0 Å². The topological polar surface area (TPSA) is 12.4 Å². The van der Waals surface area contributed by atoms with E-state index in [4.69, 9.17) is 0 Å². The van der Waals surface area contributed by atoms with Gasteiger partial charge in [-0.2, -0.15) is 0 Å². The minimum absolute atomic E-state index is 0.00338. The Kier molecular flexibility index (Phi) is 1.16. The normalized spacial score (nSPS) is 18.4. The SMILES string of the molecule is CC1(C)N=Cc2ccccc21. The van der Waals surface area contributed by atoms with Crippen LogP contribution < -0.4 is 0 Å². The van der Waals surface area contributed by atoms with E-state index in [0.29, 0.717) is 0 Å². The molecule has 0 aromatic heterocycles. The quantitative estimate of drug-likeness (QED) is 0.531. The fraction of sp³-hybridized carbons (Fsp3) is 0.300. The van der Waals surface area contributed by atoms with Crippen molar-refractivity contribution >= 4 is 6.21 Å². The zero-order valence-electron chi connectivity index (χ0n) is 6.83. The third-order valence-corrected chi connectivity index (χ3v) is 2.15. The van der Waals surface area contributed by atoms with E-state index in [-0.39, 0.29) is 5.54 Å². The third-order valence-electron chi connectivity index (χ3n) is 2.15. The van der Waals surface area contributed by atoms with Crippen LogP contribution in [-0.4, -0.2) is 6.21 Å². The molecule has 0 bridgehead atoms. The molecule has 1 aromatic rings. The average Bonchev–Trinajstić information content (AvgIpc) is 2.29. The average molecular weight is 145 g/mol. The van der Waals surface area contributed by atoms with E-state index < -0.39 is 0 Å². The molecule has 2 rings (SSSR count). The number of benzene rings is 1. The van der Waals surface area contributed by atoms with Crippen molar-refractivity contribution in [2.24, 2.45) is 4.99 Å². The molecule has 1 heteroatoms. The van der Waals surface area contributed by atoms with Crippen LogP contribution in [0, 0.1) is 0 Å². The van der Waals surface area contributed by atoms with E-state index in [2.05, 4.69) is 37.0 Å². The highest BCUT2D eigenvalue weighted by atomic mass is 14.9. The van der Waals surface area contributed by atoms with Crippen LogP contribution in [0.1, 0.15) is 25.0 Å². The van der Waals surface area contributed by atoms with Crippen molar-refractivity contribution < 1.29 is 0 Å². The highest BCUT2D eigenvalue weighted by Crippen LogP contribution is 2.31. The summed E-state index contributed by atoms with van der Waals surface area (Å²) in [6.07, 6.45) is 1.95. The first-order valence-corrected chi connectivity index (χ1v) is 3.85. The van der Waals surface area contributed by atoms with Crippen molar-refractivity contribution in [2.45, 2.75) is 19.4 Å². The van der Waals surface area contributed by atoms with Crippen LogP contribution in [0.4, 0.5) is 0 Å². The molecule has 0 saturated carbocycles. The van der Waals surface area contributed by atoms with E-state index in [9.17, 15) is 0 Å². The summed E-state index contributed by atoms with van der Waals surface area (Å²) in [6, 6.07) is 8.36. The molecule has 0 atom stereocenters. The lowest BCUT2D eigenvalue weighted by atomic mass is 9.94. The predicted molar refractivity (Wildman–Crippen MR) is 47.1 cm³/mol. The molecule has 0 N–H and O–H groups in total. The Morgan fingerprint density at radius 2 is 1.91 bits per heavy atom. The van der Waals surface area contributed by atoms with Crippen molar-refractivity contribution in [3.05, 3.63) is 35.4 Å². The minimum Gasteiger partial charge on any atom is -0.282 e. The van der Waals surface area contributed by atoms with Gasteiger partial charge in [-0.05, 0) is 25.0 Å². The van der Waals surface area contributed by atoms with Gasteiger partial charge in [0.2, 0.25) is 0 Å². The second-order valence-electron chi connectivity index (χ2n) is 3.40. The predicted octanol–water partition coefficient (Wildman–Crippen LogP) is 2.35. The van der Waals surface area contributed by atoms with E-state index in [1.54, 1.807) is 0 Å². The molecule has 0 fully saturated rings. The fourth-order valence-corrected chi connectivity index (χ4v) is 1.47. The highest BCUT2D eigenvalue weighted by Gasteiger charge is 2.24. The standard InChI is InChI=1S/C10H11N/c1-10(2)9-6-4-3-5-8(9)7-11-10/h3-7H,1-2H3. The summed E-state index contributed by atoms with van der Waals surface area (Å²) in [7, 11) is 0. The van der Waals surface area contributed by atoms with Crippen LogP contribution in [0.5, 0.6) is 0 Å². The maximum Gasteiger partial charge on any atom is 0.0807 e. The second kappa shape index (κ2) is 1.94. The van der Waals surface area contributed by atoms with Gasteiger partial charge in [0, 0.05) is 6.21 Å². The van der Waals surface area contributed by atoms with Crippen LogP contribution in [0.25, 0.3) is 0 Å². The molecule has 1 aliphatic rings. The van der Waals surface area contributed by atoms with Gasteiger partial charge in [0.15, 0.2) is 0 Å². The van der Waals surface area contributed by atoms with Gasteiger partial charge in [-0.3, -0.25) is 4.99 Å². The number of nitrogens with zero attached hydrogens (tertiary/aromatic N) is 1. The fourth-order valence-electron chi connectivity index (χ4n) is 1.47. The summed E-state index contributed by atoms with van der Waals surface area (Å²) in [4.78, 5) is 4.41. The summed E-state index contributed by atoms with van der Waals surface area (Å²) in [5.74, 6) is 0. The van der Waals surface area contributed by atoms with Gasteiger partial charge in [0.25, 0.3) is 0 Å². The van der Waals surface area contributed by atoms with Crippen molar-refractivity contribution in [2.75, 3.05) is 0 Å². The maximum atomic E-state index is 4.41.